The van der Waals surface area contributed by atoms with Gasteiger partial charge in [-0.3, -0.25) is 0 Å². The fraction of sp³-hybridized carbons (Fsp3) is 1.00. The summed E-state index contributed by atoms with van der Waals surface area (Å²) < 4.78 is 0. The van der Waals surface area contributed by atoms with Gasteiger partial charge in [-0.25, -0.2) is 0 Å². The third kappa shape index (κ3) is 111. The zero-order valence-electron chi connectivity index (χ0n) is 10.9. The van der Waals surface area contributed by atoms with E-state index < -0.39 is 0 Å². The first-order chi connectivity index (χ1) is 6.54. The predicted octanol–water partition coefficient (Wildman–Crippen LogP) is 0.484. The monoisotopic (exact) mass is 260 g/mol. The van der Waals surface area contributed by atoms with E-state index in [2.05, 4.69) is 0 Å². The molecule has 0 heterocycles. The van der Waals surface area contributed by atoms with Crippen LogP contribution in [0, 0.1) is 11.8 Å². The minimum atomic E-state index is 0. The summed E-state index contributed by atoms with van der Waals surface area (Å²) in [5, 5.41) is 30.3. The molecule has 0 aliphatic rings. The fourth-order valence-corrected chi connectivity index (χ4v) is 0. The van der Waals surface area contributed by atoms with Gasteiger partial charge in [-0.1, -0.05) is 27.7 Å². The minimum absolute atomic E-state index is 0. The van der Waals surface area contributed by atoms with Crippen LogP contribution in [0.2, 0.25) is 0 Å². The Morgan fingerprint density at radius 2 is 0.733 bits per heavy atom. The van der Waals surface area contributed by atoms with Crippen molar-refractivity contribution in [2.75, 3.05) is 27.4 Å². The van der Waals surface area contributed by atoms with Gasteiger partial charge in [-0.05, 0) is 11.8 Å². The van der Waals surface area contributed by atoms with Crippen molar-refractivity contribution in [2.24, 2.45) is 11.8 Å². The number of aliphatic hydroxyl groups is 4. The molecule has 4 nitrogen and oxygen atoms in total. The molecule has 0 spiro atoms. The van der Waals surface area contributed by atoms with Crippen LogP contribution in [0.4, 0.5) is 0 Å². The maximum Gasteiger partial charge on any atom is 0.0453 e. The number of hydrogen-bond acceptors (Lipinski definition) is 4. The molecule has 0 fully saturated rings. The standard InChI is InChI=1S/2C4H10O.2CH4O.Ti/c2*1-4(2)3-5;2*1-2;/h2*4-5H,3H2,1-2H3;2*2H,1H3;. The quantitative estimate of drug-likeness (QED) is 0.544. The normalized spacial score (nSPS) is 7.20. The van der Waals surface area contributed by atoms with Gasteiger partial charge in [-0.15, -0.1) is 0 Å². The van der Waals surface area contributed by atoms with Crippen molar-refractivity contribution in [2.45, 2.75) is 27.7 Å². The Morgan fingerprint density at radius 1 is 0.667 bits per heavy atom. The van der Waals surface area contributed by atoms with Crippen LogP contribution < -0.4 is 0 Å². The van der Waals surface area contributed by atoms with Gasteiger partial charge < -0.3 is 20.4 Å². The Bertz CT molecular complexity index is 53.4. The first-order valence-electron chi connectivity index (χ1n) is 4.65. The minimum Gasteiger partial charge on any atom is -0.400 e. The summed E-state index contributed by atoms with van der Waals surface area (Å²) in [4.78, 5) is 0. The molecule has 0 amide bonds. The van der Waals surface area contributed by atoms with Crippen LogP contribution in [-0.2, 0) is 21.7 Å². The summed E-state index contributed by atoms with van der Waals surface area (Å²) in [6.45, 7) is 8.50. The number of rotatable bonds is 2. The molecule has 0 aromatic carbocycles. The van der Waals surface area contributed by atoms with Crippen molar-refractivity contribution in [3.05, 3.63) is 0 Å². The van der Waals surface area contributed by atoms with Crippen molar-refractivity contribution < 1.29 is 42.1 Å². The molecule has 0 atom stereocenters. The molecule has 0 aliphatic carbocycles. The van der Waals surface area contributed by atoms with Gasteiger partial charge >= 0.3 is 0 Å². The summed E-state index contributed by atoms with van der Waals surface area (Å²) in [6.07, 6.45) is 0. The second-order valence-corrected chi connectivity index (χ2v) is 3.15. The van der Waals surface area contributed by atoms with E-state index in [1.165, 1.54) is 0 Å². The zero-order valence-corrected chi connectivity index (χ0v) is 12.4. The van der Waals surface area contributed by atoms with Gasteiger partial charge in [0.1, 0.15) is 0 Å². The molecule has 4 N–H and O–H groups in total. The fourth-order valence-electron chi connectivity index (χ4n) is 0. The molecule has 15 heavy (non-hydrogen) atoms. The van der Waals surface area contributed by atoms with E-state index in [9.17, 15) is 0 Å². The maximum atomic E-state index is 8.14. The average molecular weight is 260 g/mol. The topological polar surface area (TPSA) is 80.9 Å². The van der Waals surface area contributed by atoms with Gasteiger partial charge in [0, 0.05) is 49.2 Å². The van der Waals surface area contributed by atoms with Gasteiger partial charge in [-0.2, -0.15) is 0 Å². The molecule has 0 aromatic heterocycles. The van der Waals surface area contributed by atoms with E-state index in [1.807, 2.05) is 27.7 Å². The second-order valence-electron chi connectivity index (χ2n) is 3.15. The van der Waals surface area contributed by atoms with Crippen LogP contribution >= 0.6 is 0 Å². The van der Waals surface area contributed by atoms with Crippen molar-refractivity contribution in [3.63, 3.8) is 0 Å². The van der Waals surface area contributed by atoms with Crippen molar-refractivity contribution in [1.29, 1.82) is 0 Å². The molecule has 0 bridgehead atoms. The SMILES string of the molecule is CC(C)CO.CC(C)CO.CO.CO.[Ti]. The third-order valence-electron chi connectivity index (χ3n) is 0.730. The first-order valence-corrected chi connectivity index (χ1v) is 4.65. The van der Waals surface area contributed by atoms with Gasteiger partial charge in [0.05, 0.1) is 0 Å². The smallest absolute Gasteiger partial charge is 0.0453 e. The predicted molar refractivity (Wildman–Crippen MR) is 60.1 cm³/mol. The molecule has 5 heteroatoms. The molecule has 0 aliphatic heterocycles. The number of aliphatic hydroxyl groups excluding tert-OH is 4. The largest absolute Gasteiger partial charge is 0.400 e. The van der Waals surface area contributed by atoms with Crippen LogP contribution in [-0.4, -0.2) is 47.9 Å². The van der Waals surface area contributed by atoms with E-state index in [1.54, 1.807) is 0 Å². The Balaban J connectivity index is -0.0000000318. The zero-order chi connectivity index (χ0) is 12.6. The first kappa shape index (κ1) is 29.6. The van der Waals surface area contributed by atoms with Gasteiger partial charge in [0.2, 0.25) is 0 Å². The van der Waals surface area contributed by atoms with Crippen LogP contribution in [0.1, 0.15) is 27.7 Å². The molecular formula is C10H28O4Ti. The second kappa shape index (κ2) is 36.5. The number of hydrogen-bond donors (Lipinski definition) is 4. The van der Waals surface area contributed by atoms with E-state index in [4.69, 9.17) is 20.4 Å². The summed E-state index contributed by atoms with van der Waals surface area (Å²) in [5.74, 6) is 0.880. The van der Waals surface area contributed by atoms with Crippen molar-refractivity contribution in [1.82, 2.24) is 0 Å². The third-order valence-corrected chi connectivity index (χ3v) is 0.730. The average Bonchev–Trinajstić information content (AvgIpc) is 2.24. The molecule has 0 radical (unpaired) electrons. The van der Waals surface area contributed by atoms with E-state index in [0.29, 0.717) is 25.0 Å². The summed E-state index contributed by atoms with van der Waals surface area (Å²) in [6, 6.07) is 0. The van der Waals surface area contributed by atoms with Gasteiger partial charge in [0.25, 0.3) is 0 Å². The Kier molecular flexibility index (Phi) is 72.1. The summed E-state index contributed by atoms with van der Waals surface area (Å²) in [5.41, 5.74) is 0. The summed E-state index contributed by atoms with van der Waals surface area (Å²) in [7, 11) is 2.00. The van der Waals surface area contributed by atoms with Crippen LogP contribution in [0.15, 0.2) is 0 Å². The molecule has 96 valence electrons. The van der Waals surface area contributed by atoms with Crippen LogP contribution in [0.25, 0.3) is 0 Å². The molecule has 0 saturated carbocycles. The van der Waals surface area contributed by atoms with E-state index in [-0.39, 0.29) is 21.7 Å². The summed E-state index contributed by atoms with van der Waals surface area (Å²) >= 11 is 0. The molecule has 0 aromatic rings. The Labute approximate surface area is 109 Å². The Hall–Kier alpha value is 0.554. The van der Waals surface area contributed by atoms with Crippen molar-refractivity contribution in [3.8, 4) is 0 Å². The molecule has 0 rings (SSSR count). The molecule has 0 saturated heterocycles. The van der Waals surface area contributed by atoms with Crippen LogP contribution in [0.5, 0.6) is 0 Å². The molecule has 0 unspecified atom stereocenters. The van der Waals surface area contributed by atoms with E-state index >= 15 is 0 Å². The van der Waals surface area contributed by atoms with Gasteiger partial charge in [0.15, 0.2) is 0 Å². The van der Waals surface area contributed by atoms with E-state index in [0.717, 1.165) is 14.2 Å². The van der Waals surface area contributed by atoms with Crippen LogP contribution in [0.3, 0.4) is 0 Å². The maximum absolute atomic E-state index is 8.14. The molecular weight excluding hydrogens is 232 g/mol. The Morgan fingerprint density at radius 3 is 0.733 bits per heavy atom. The van der Waals surface area contributed by atoms with Crippen molar-refractivity contribution >= 4 is 0 Å².